The van der Waals surface area contributed by atoms with Gasteiger partial charge in [0.05, 0.1) is 77.9 Å². The highest BCUT2D eigenvalue weighted by Gasteiger charge is 2.30. The van der Waals surface area contributed by atoms with Crippen molar-refractivity contribution in [3.05, 3.63) is 242 Å². The van der Waals surface area contributed by atoms with Crippen LogP contribution in [0.1, 0.15) is 11.3 Å². The number of fused-ring (bicyclic) bond motifs is 24. The molecule has 10 aromatic heterocycles. The molecule has 0 unspecified atom stereocenters. The van der Waals surface area contributed by atoms with Crippen LogP contribution in [-0.2, 0) is 0 Å². The first-order valence-corrected chi connectivity index (χ1v) is 29.9. The zero-order valence-corrected chi connectivity index (χ0v) is 47.3. The Morgan fingerprint density at radius 2 is 0.844 bits per heavy atom. The lowest BCUT2D eigenvalue weighted by Gasteiger charge is -2.12. The highest BCUT2D eigenvalue weighted by Crippen LogP contribution is 2.51. The Morgan fingerprint density at radius 1 is 0.322 bits per heavy atom. The number of rotatable bonds is 4. The molecule has 11 aromatic carbocycles. The number of aromatic nitrogens is 10. The first kappa shape index (κ1) is 47.4. The fourth-order valence-corrected chi connectivity index (χ4v) is 15.4. The van der Waals surface area contributed by atoms with Gasteiger partial charge in [0.2, 0.25) is 11.9 Å². The highest BCUT2D eigenvalue weighted by atomic mass is 15.2. The van der Waals surface area contributed by atoms with E-state index in [0.717, 1.165) is 158 Å². The van der Waals surface area contributed by atoms with Crippen LogP contribution in [0, 0.1) is 22.7 Å². The Labute approximate surface area is 507 Å². The Hall–Kier alpha value is -12.9. The number of pyridine rings is 2. The minimum atomic E-state index is 0.231. The SMILES string of the molecule is N#Cc1ccc(-c2nc(-n3c4cc5ccccc5cc4c4cc5c6c(-c7cnc8nc(-n9c%10cc%11ccccc%11cc%10c%10cc%11c%12ccccc%12n%12c%13ccccc%13c(c%109)c%11%12)nc(C#N)c8c7)cccc6n6c7ccccc7c(c43)c56)nc3ncccc23)cc1. The van der Waals surface area contributed by atoms with Crippen LogP contribution in [0.15, 0.2) is 231 Å². The van der Waals surface area contributed by atoms with Crippen molar-refractivity contribution in [2.24, 2.45) is 0 Å². The number of para-hydroxylation sites is 3. The predicted octanol–water partition coefficient (Wildman–Crippen LogP) is 18.2. The van der Waals surface area contributed by atoms with E-state index in [9.17, 15) is 10.5 Å². The lowest BCUT2D eigenvalue weighted by atomic mass is 9.97. The van der Waals surface area contributed by atoms with Crippen LogP contribution in [-0.4, -0.2) is 47.8 Å². The molecular formula is C78H38N12. The molecule has 410 valence electrons. The maximum Gasteiger partial charge on any atom is 0.238 e. The molecule has 0 amide bonds. The van der Waals surface area contributed by atoms with Gasteiger partial charge in [-0.05, 0) is 118 Å². The molecule has 0 fully saturated rings. The number of nitriles is 2. The molecule has 21 rings (SSSR count). The normalized spacial score (nSPS) is 12.4. The van der Waals surface area contributed by atoms with E-state index < -0.39 is 0 Å². The molecule has 0 radical (unpaired) electrons. The summed E-state index contributed by atoms with van der Waals surface area (Å²) in [5, 5.41) is 40.1. The molecule has 0 aliphatic heterocycles. The first-order valence-electron chi connectivity index (χ1n) is 29.9. The third kappa shape index (κ3) is 6.00. The maximum atomic E-state index is 11.4. The van der Waals surface area contributed by atoms with Crippen LogP contribution >= 0.6 is 0 Å². The lowest BCUT2D eigenvalue weighted by Crippen LogP contribution is -2.05. The van der Waals surface area contributed by atoms with Crippen molar-refractivity contribution in [2.45, 2.75) is 0 Å². The van der Waals surface area contributed by atoms with E-state index in [1.54, 1.807) is 6.20 Å². The van der Waals surface area contributed by atoms with Crippen LogP contribution in [0.25, 0.3) is 198 Å². The van der Waals surface area contributed by atoms with Gasteiger partial charge in [0.25, 0.3) is 0 Å². The van der Waals surface area contributed by atoms with Crippen LogP contribution in [0.4, 0.5) is 0 Å². The van der Waals surface area contributed by atoms with Crippen molar-refractivity contribution in [2.75, 3.05) is 0 Å². The minimum Gasteiger partial charge on any atom is -0.308 e. The minimum absolute atomic E-state index is 0.231. The second-order valence-corrected chi connectivity index (χ2v) is 23.6. The summed E-state index contributed by atoms with van der Waals surface area (Å²) < 4.78 is 9.21. The van der Waals surface area contributed by atoms with E-state index in [2.05, 4.69) is 206 Å². The van der Waals surface area contributed by atoms with E-state index >= 15 is 0 Å². The van der Waals surface area contributed by atoms with E-state index in [4.69, 9.17) is 29.9 Å². The van der Waals surface area contributed by atoms with Gasteiger partial charge in [-0.15, -0.1) is 0 Å². The molecule has 10 heterocycles. The summed E-state index contributed by atoms with van der Waals surface area (Å²) in [6.45, 7) is 0. The van der Waals surface area contributed by atoms with Crippen LogP contribution < -0.4 is 0 Å². The number of hydrogen-bond acceptors (Lipinski definition) is 8. The summed E-state index contributed by atoms with van der Waals surface area (Å²) in [6, 6.07) is 81.4. The van der Waals surface area contributed by atoms with Gasteiger partial charge in [-0.1, -0.05) is 127 Å². The fourth-order valence-electron chi connectivity index (χ4n) is 15.4. The van der Waals surface area contributed by atoms with E-state index in [1.807, 2.05) is 48.7 Å². The molecule has 0 N–H and O–H groups in total. The van der Waals surface area contributed by atoms with E-state index in [0.29, 0.717) is 34.1 Å². The van der Waals surface area contributed by atoms with Crippen molar-refractivity contribution >= 4 is 163 Å². The Bertz CT molecular complexity index is 6930. The predicted molar refractivity (Wildman–Crippen MR) is 362 cm³/mol. The van der Waals surface area contributed by atoms with Crippen LogP contribution in [0.5, 0.6) is 0 Å². The Balaban J connectivity index is 0.822. The third-order valence-electron chi connectivity index (χ3n) is 19.1. The molecule has 90 heavy (non-hydrogen) atoms. The van der Waals surface area contributed by atoms with Gasteiger partial charge >= 0.3 is 0 Å². The van der Waals surface area contributed by atoms with Gasteiger partial charge in [-0.25, -0.2) is 19.9 Å². The summed E-state index contributed by atoms with van der Waals surface area (Å²) in [7, 11) is 0. The molecule has 21 aromatic rings. The van der Waals surface area contributed by atoms with Gasteiger partial charge in [0.1, 0.15) is 6.07 Å². The summed E-state index contributed by atoms with van der Waals surface area (Å²) >= 11 is 0. The smallest absolute Gasteiger partial charge is 0.238 e. The summed E-state index contributed by atoms with van der Waals surface area (Å²) in [5.41, 5.74) is 15.6. The van der Waals surface area contributed by atoms with Crippen molar-refractivity contribution in [1.82, 2.24) is 47.8 Å². The molecular weight excluding hydrogens is 1100 g/mol. The van der Waals surface area contributed by atoms with Crippen LogP contribution in [0.2, 0.25) is 0 Å². The third-order valence-corrected chi connectivity index (χ3v) is 19.1. The summed E-state index contributed by atoms with van der Waals surface area (Å²) in [5.74, 6) is 0.861. The standard InChI is InChI=1S/C78H38N12/c79-38-41-26-28-42(29-27-41)70-52-21-12-30-81-75(52)85-78(84-70)90-66-35-46-16-4-2-14-44(46)32-54(66)57-37-59-67-48(20-11-25-64(67)88-63-24-10-7-19-51(63)69(73(57)90)74(59)88)47-33-58-60(39-80)83-77(86-76(58)82-40-47)89-65-34-45-15-3-1-13-43(45)31-53(65)56-36-55-49-17-5-8-22-61(49)87-62-23-9-6-18-50(62)68(71(55)87)72(56)89/h1-37,40H. The summed E-state index contributed by atoms with van der Waals surface area (Å²) in [6.07, 6.45) is 3.68. The van der Waals surface area contributed by atoms with E-state index in [1.165, 1.54) is 10.8 Å². The topological polar surface area (TPSA) is 144 Å². The Morgan fingerprint density at radius 3 is 1.49 bits per heavy atom. The number of hydrogen-bond donors (Lipinski definition) is 0. The lowest BCUT2D eigenvalue weighted by molar-refractivity contribution is 0.996. The molecule has 0 bridgehead atoms. The number of benzene rings is 11. The molecule has 12 heteroatoms. The molecule has 12 nitrogen and oxygen atoms in total. The summed E-state index contributed by atoms with van der Waals surface area (Å²) in [4.78, 5) is 31.5. The second kappa shape index (κ2) is 17.0. The van der Waals surface area contributed by atoms with Gasteiger partial charge in [-0.3, -0.25) is 9.13 Å². The maximum absolute atomic E-state index is 11.4. The van der Waals surface area contributed by atoms with Gasteiger partial charge in [0.15, 0.2) is 17.0 Å². The van der Waals surface area contributed by atoms with Crippen molar-refractivity contribution in [3.8, 4) is 46.4 Å². The quantitative estimate of drug-likeness (QED) is 0.169. The molecule has 0 saturated heterocycles. The largest absolute Gasteiger partial charge is 0.308 e. The van der Waals surface area contributed by atoms with Gasteiger partial charge < -0.3 is 8.80 Å². The molecule has 0 saturated carbocycles. The molecule has 0 aliphatic rings. The van der Waals surface area contributed by atoms with Gasteiger partial charge in [-0.2, -0.15) is 20.5 Å². The molecule has 0 aliphatic carbocycles. The zero-order valence-electron chi connectivity index (χ0n) is 47.3. The fraction of sp³-hybridized carbons (Fsp3) is 0. The van der Waals surface area contributed by atoms with Crippen molar-refractivity contribution in [1.29, 1.82) is 10.5 Å². The molecule has 0 spiro atoms. The van der Waals surface area contributed by atoms with E-state index in [-0.39, 0.29) is 5.69 Å². The van der Waals surface area contributed by atoms with Crippen LogP contribution in [0.3, 0.4) is 0 Å². The highest BCUT2D eigenvalue weighted by molar-refractivity contribution is 6.37. The van der Waals surface area contributed by atoms with Crippen molar-refractivity contribution in [3.63, 3.8) is 0 Å². The average molecular weight is 1140 g/mol. The van der Waals surface area contributed by atoms with Gasteiger partial charge in [0, 0.05) is 93.5 Å². The number of nitrogens with zero attached hydrogens (tertiary/aromatic N) is 12. The first-order chi connectivity index (χ1) is 44.5. The monoisotopic (exact) mass is 1140 g/mol. The van der Waals surface area contributed by atoms with Crippen molar-refractivity contribution < 1.29 is 0 Å². The Kier molecular flexibility index (Phi) is 8.92. The average Bonchev–Trinajstić information content (AvgIpc) is 1.53. The molecule has 0 atom stereocenters. The zero-order chi connectivity index (χ0) is 58.8. The second-order valence-electron chi connectivity index (χ2n) is 23.6.